The van der Waals surface area contributed by atoms with Crippen LogP contribution in [0.2, 0.25) is 10.0 Å². The normalized spacial score (nSPS) is 12.1. The summed E-state index contributed by atoms with van der Waals surface area (Å²) in [5.41, 5.74) is 0.0533. The molecule has 2 rings (SSSR count). The minimum Gasteiger partial charge on any atom is -0.280 e. The van der Waals surface area contributed by atoms with E-state index in [0.717, 1.165) is 6.07 Å². The van der Waals surface area contributed by atoms with E-state index >= 15 is 0 Å². The van der Waals surface area contributed by atoms with Gasteiger partial charge in [0.05, 0.1) is 25.5 Å². The lowest BCUT2D eigenvalue weighted by molar-refractivity contribution is 0.596. The van der Waals surface area contributed by atoms with Gasteiger partial charge in [-0.15, -0.1) is 0 Å². The standard InChI is InChI=1S/C12H10Cl2N2O4S2/c13-11-5-4-10(7-12(11)14)22(19,20)16-8-2-1-3-9(6-8)21(15,17)18/h1-7,16H,(H2,15,17,18). The Morgan fingerprint density at radius 1 is 0.864 bits per heavy atom. The number of primary sulfonamides is 1. The number of nitrogens with two attached hydrogens (primary N) is 1. The molecule has 0 bridgehead atoms. The molecular weight excluding hydrogens is 371 g/mol. The van der Waals surface area contributed by atoms with E-state index in [1.54, 1.807) is 0 Å². The molecule has 0 saturated heterocycles. The van der Waals surface area contributed by atoms with E-state index in [1.807, 2.05) is 0 Å². The second-order valence-electron chi connectivity index (χ2n) is 4.25. The van der Waals surface area contributed by atoms with Crippen LogP contribution in [-0.4, -0.2) is 16.8 Å². The van der Waals surface area contributed by atoms with Gasteiger partial charge in [0.1, 0.15) is 0 Å². The summed E-state index contributed by atoms with van der Waals surface area (Å²) >= 11 is 11.5. The van der Waals surface area contributed by atoms with Gasteiger partial charge in [-0.05, 0) is 36.4 Å². The Labute approximate surface area is 138 Å². The molecule has 0 amide bonds. The van der Waals surface area contributed by atoms with Gasteiger partial charge in [-0.2, -0.15) is 0 Å². The van der Waals surface area contributed by atoms with Crippen LogP contribution in [0.3, 0.4) is 0 Å². The van der Waals surface area contributed by atoms with Gasteiger partial charge < -0.3 is 0 Å². The lowest BCUT2D eigenvalue weighted by Gasteiger charge is -2.09. The van der Waals surface area contributed by atoms with Crippen LogP contribution < -0.4 is 9.86 Å². The number of hydrogen-bond acceptors (Lipinski definition) is 4. The summed E-state index contributed by atoms with van der Waals surface area (Å²) in [6.45, 7) is 0. The Balaban J connectivity index is 2.39. The number of benzene rings is 2. The largest absolute Gasteiger partial charge is 0.280 e. The molecule has 6 nitrogen and oxygen atoms in total. The summed E-state index contributed by atoms with van der Waals surface area (Å²) in [6, 6.07) is 8.95. The molecule has 0 aliphatic carbocycles. The first-order valence-corrected chi connectivity index (χ1v) is 9.49. The number of sulfonamides is 2. The first-order chi connectivity index (χ1) is 10.1. The lowest BCUT2D eigenvalue weighted by atomic mass is 10.3. The van der Waals surface area contributed by atoms with Crippen molar-refractivity contribution < 1.29 is 16.8 Å². The van der Waals surface area contributed by atoms with E-state index in [2.05, 4.69) is 4.72 Å². The van der Waals surface area contributed by atoms with Crippen molar-refractivity contribution in [3.8, 4) is 0 Å². The molecular formula is C12H10Cl2N2O4S2. The average molecular weight is 381 g/mol. The van der Waals surface area contributed by atoms with E-state index in [-0.39, 0.29) is 25.5 Å². The van der Waals surface area contributed by atoms with Crippen LogP contribution in [0.4, 0.5) is 5.69 Å². The Morgan fingerprint density at radius 2 is 1.55 bits per heavy atom. The molecule has 0 heterocycles. The molecule has 3 N–H and O–H groups in total. The van der Waals surface area contributed by atoms with Crippen LogP contribution >= 0.6 is 23.2 Å². The van der Waals surface area contributed by atoms with Crippen LogP contribution in [0, 0.1) is 0 Å². The molecule has 0 radical (unpaired) electrons. The molecule has 0 saturated carbocycles. The van der Waals surface area contributed by atoms with E-state index < -0.39 is 20.0 Å². The Morgan fingerprint density at radius 3 is 2.14 bits per heavy atom. The van der Waals surface area contributed by atoms with Crippen molar-refractivity contribution in [1.82, 2.24) is 0 Å². The molecule has 0 aromatic heterocycles. The second-order valence-corrected chi connectivity index (χ2v) is 8.31. The van der Waals surface area contributed by atoms with Gasteiger partial charge in [0.25, 0.3) is 10.0 Å². The predicted octanol–water partition coefficient (Wildman–Crippen LogP) is 2.44. The monoisotopic (exact) mass is 380 g/mol. The zero-order valence-electron chi connectivity index (χ0n) is 10.8. The lowest BCUT2D eigenvalue weighted by Crippen LogP contribution is -2.15. The van der Waals surface area contributed by atoms with Crippen molar-refractivity contribution in [3.63, 3.8) is 0 Å². The van der Waals surface area contributed by atoms with Crippen molar-refractivity contribution in [3.05, 3.63) is 52.5 Å². The van der Waals surface area contributed by atoms with Gasteiger partial charge in [0, 0.05) is 0 Å². The fraction of sp³-hybridized carbons (Fsp3) is 0. The highest BCUT2D eigenvalue weighted by molar-refractivity contribution is 7.92. The summed E-state index contributed by atoms with van der Waals surface area (Å²) in [6.07, 6.45) is 0. The first-order valence-electron chi connectivity index (χ1n) is 5.70. The van der Waals surface area contributed by atoms with Crippen molar-refractivity contribution in [2.75, 3.05) is 4.72 Å². The highest BCUT2D eigenvalue weighted by atomic mass is 35.5. The van der Waals surface area contributed by atoms with Crippen LogP contribution in [0.25, 0.3) is 0 Å². The molecule has 0 atom stereocenters. The third-order valence-corrected chi connectivity index (χ3v) is 5.65. The van der Waals surface area contributed by atoms with Crippen molar-refractivity contribution in [1.29, 1.82) is 0 Å². The molecule has 10 heteroatoms. The SMILES string of the molecule is NS(=O)(=O)c1cccc(NS(=O)(=O)c2ccc(Cl)c(Cl)c2)c1. The van der Waals surface area contributed by atoms with Gasteiger partial charge in [-0.1, -0.05) is 29.3 Å². The summed E-state index contributed by atoms with van der Waals surface area (Å²) in [5, 5.41) is 5.31. The summed E-state index contributed by atoms with van der Waals surface area (Å²) < 4.78 is 49.3. The molecule has 0 spiro atoms. The van der Waals surface area contributed by atoms with Crippen molar-refractivity contribution >= 4 is 48.9 Å². The molecule has 0 aliphatic rings. The first kappa shape index (κ1) is 17.0. The molecule has 2 aromatic rings. The van der Waals surface area contributed by atoms with Gasteiger partial charge in [0.15, 0.2) is 0 Å². The van der Waals surface area contributed by atoms with E-state index in [9.17, 15) is 16.8 Å². The predicted molar refractivity (Wildman–Crippen MR) is 85.1 cm³/mol. The third kappa shape index (κ3) is 3.90. The van der Waals surface area contributed by atoms with Gasteiger partial charge in [-0.25, -0.2) is 22.0 Å². The Hall–Kier alpha value is -1.32. The van der Waals surface area contributed by atoms with E-state index in [1.165, 1.54) is 36.4 Å². The maximum Gasteiger partial charge on any atom is 0.261 e. The smallest absolute Gasteiger partial charge is 0.261 e. The summed E-state index contributed by atoms with van der Waals surface area (Å²) in [4.78, 5) is -0.315. The zero-order valence-corrected chi connectivity index (χ0v) is 14.0. The topological polar surface area (TPSA) is 106 Å². The minimum absolute atomic E-state index is 0.0533. The number of anilines is 1. The fourth-order valence-corrected chi connectivity index (χ4v) is 3.59. The number of hydrogen-bond donors (Lipinski definition) is 2. The van der Waals surface area contributed by atoms with E-state index in [0.29, 0.717) is 0 Å². The molecule has 2 aromatic carbocycles. The highest BCUT2D eigenvalue weighted by Gasteiger charge is 2.17. The maximum absolute atomic E-state index is 12.2. The molecule has 0 fully saturated rings. The van der Waals surface area contributed by atoms with Crippen LogP contribution in [-0.2, 0) is 20.0 Å². The second kappa shape index (κ2) is 6.05. The zero-order chi connectivity index (χ0) is 16.5. The summed E-state index contributed by atoms with van der Waals surface area (Å²) in [5.74, 6) is 0. The van der Waals surface area contributed by atoms with Crippen LogP contribution in [0.5, 0.6) is 0 Å². The third-order valence-electron chi connectivity index (χ3n) is 2.62. The minimum atomic E-state index is -3.94. The van der Waals surface area contributed by atoms with Crippen molar-refractivity contribution in [2.45, 2.75) is 9.79 Å². The summed E-state index contributed by atoms with van der Waals surface area (Å²) in [7, 11) is -7.87. The molecule has 0 unspecified atom stereocenters. The fourth-order valence-electron chi connectivity index (χ4n) is 1.59. The maximum atomic E-state index is 12.2. The molecule has 0 aliphatic heterocycles. The van der Waals surface area contributed by atoms with Gasteiger partial charge in [-0.3, -0.25) is 4.72 Å². The van der Waals surface area contributed by atoms with Gasteiger partial charge >= 0.3 is 0 Å². The van der Waals surface area contributed by atoms with Crippen molar-refractivity contribution in [2.24, 2.45) is 5.14 Å². The number of nitrogens with one attached hydrogen (secondary N) is 1. The van der Waals surface area contributed by atoms with Gasteiger partial charge in [0.2, 0.25) is 10.0 Å². The van der Waals surface area contributed by atoms with E-state index in [4.69, 9.17) is 28.3 Å². The molecule has 22 heavy (non-hydrogen) atoms. The highest BCUT2D eigenvalue weighted by Crippen LogP contribution is 2.26. The Kier molecular flexibility index (Phi) is 4.69. The Bertz CT molecular complexity index is 928. The average Bonchev–Trinajstić information content (AvgIpc) is 2.40. The molecule has 118 valence electrons. The number of halogens is 2. The van der Waals surface area contributed by atoms with Crippen LogP contribution in [0.1, 0.15) is 0 Å². The van der Waals surface area contributed by atoms with Crippen LogP contribution in [0.15, 0.2) is 52.3 Å². The number of rotatable bonds is 4. The quantitative estimate of drug-likeness (QED) is 0.848.